The van der Waals surface area contributed by atoms with E-state index >= 15 is 0 Å². The molecule has 4 rings (SSSR count). The van der Waals surface area contributed by atoms with Crippen LogP contribution in [-0.4, -0.2) is 15.3 Å². The highest BCUT2D eigenvalue weighted by Crippen LogP contribution is 2.32. The summed E-state index contributed by atoms with van der Waals surface area (Å²) in [5.41, 5.74) is 3.08. The fourth-order valence-electron chi connectivity index (χ4n) is 3.50. The number of carbonyl (C=O) groups is 1. The second-order valence-corrected chi connectivity index (χ2v) is 7.65. The Morgan fingerprint density at radius 3 is 2.52 bits per heavy atom. The zero-order valence-electron chi connectivity index (χ0n) is 18.1. The number of halogens is 3. The molecule has 0 aliphatic rings. The normalized spacial score (nSPS) is 11.5. The molecule has 2 aromatic heterocycles. The molecule has 170 valence electrons. The van der Waals surface area contributed by atoms with E-state index in [1.807, 2.05) is 32.2 Å². The van der Waals surface area contributed by atoms with Gasteiger partial charge in [0.05, 0.1) is 11.3 Å². The Morgan fingerprint density at radius 1 is 1.06 bits per heavy atom. The minimum absolute atomic E-state index is 0.0980. The number of aromatic nitrogens is 2. The zero-order valence-corrected chi connectivity index (χ0v) is 18.1. The third kappa shape index (κ3) is 5.00. The van der Waals surface area contributed by atoms with E-state index in [2.05, 4.69) is 10.3 Å². The summed E-state index contributed by atoms with van der Waals surface area (Å²) in [6.45, 7) is 4.21. The number of amides is 1. The Kier molecular flexibility index (Phi) is 6.09. The van der Waals surface area contributed by atoms with Gasteiger partial charge in [-0.2, -0.15) is 13.2 Å². The van der Waals surface area contributed by atoms with E-state index in [0.717, 1.165) is 34.6 Å². The first kappa shape index (κ1) is 22.4. The van der Waals surface area contributed by atoms with Crippen molar-refractivity contribution in [1.82, 2.24) is 14.7 Å². The number of alkyl halides is 3. The van der Waals surface area contributed by atoms with E-state index < -0.39 is 11.7 Å². The first-order valence-electron chi connectivity index (χ1n) is 10.4. The Labute approximate surface area is 188 Å². The fraction of sp³-hybridized carbons (Fsp3) is 0.200. The molecule has 5 nitrogen and oxygen atoms in total. The van der Waals surface area contributed by atoms with Crippen LogP contribution >= 0.6 is 0 Å². The number of fused-ring (bicyclic) bond motifs is 1. The van der Waals surface area contributed by atoms with Crippen LogP contribution in [0.3, 0.4) is 0 Å². The molecule has 1 amide bonds. The summed E-state index contributed by atoms with van der Waals surface area (Å²) in [6, 6.07) is 15.4. The van der Waals surface area contributed by atoms with E-state index in [4.69, 9.17) is 4.74 Å². The number of hydrogen-bond acceptors (Lipinski definition) is 3. The highest BCUT2D eigenvalue weighted by molar-refractivity contribution is 5.94. The van der Waals surface area contributed by atoms with Crippen molar-refractivity contribution < 1.29 is 22.7 Å². The topological polar surface area (TPSA) is 55.6 Å². The van der Waals surface area contributed by atoms with Crippen LogP contribution < -0.4 is 10.1 Å². The van der Waals surface area contributed by atoms with Gasteiger partial charge in [-0.15, -0.1) is 0 Å². The lowest BCUT2D eigenvalue weighted by Crippen LogP contribution is -2.25. The number of nitrogens with zero attached hydrogens (tertiary/aromatic N) is 2. The van der Waals surface area contributed by atoms with Crippen LogP contribution in [0.5, 0.6) is 11.5 Å². The summed E-state index contributed by atoms with van der Waals surface area (Å²) in [7, 11) is 0. The monoisotopic (exact) mass is 453 g/mol. The van der Waals surface area contributed by atoms with E-state index in [0.29, 0.717) is 17.9 Å². The number of rotatable bonds is 6. The van der Waals surface area contributed by atoms with Gasteiger partial charge in [0.15, 0.2) is 0 Å². The van der Waals surface area contributed by atoms with Gasteiger partial charge in [0.2, 0.25) is 0 Å². The lowest BCUT2D eigenvalue weighted by molar-refractivity contribution is -0.137. The number of hydrogen-bond donors (Lipinski definition) is 1. The van der Waals surface area contributed by atoms with Crippen LogP contribution in [0.1, 0.15) is 39.8 Å². The molecule has 2 heterocycles. The highest BCUT2D eigenvalue weighted by atomic mass is 19.4. The number of carbonyl (C=O) groups excluding carboxylic acids is 1. The molecular formula is C25H22F3N3O2. The van der Waals surface area contributed by atoms with Crippen LogP contribution in [0, 0.1) is 6.92 Å². The van der Waals surface area contributed by atoms with Crippen LogP contribution in [-0.2, 0) is 19.1 Å². The van der Waals surface area contributed by atoms with Gasteiger partial charge in [0.1, 0.15) is 22.8 Å². The second-order valence-electron chi connectivity index (χ2n) is 7.65. The summed E-state index contributed by atoms with van der Waals surface area (Å²) >= 11 is 0. The van der Waals surface area contributed by atoms with Crippen molar-refractivity contribution in [2.75, 3.05) is 0 Å². The summed E-state index contributed by atoms with van der Waals surface area (Å²) in [5.74, 6) is 0.267. The van der Waals surface area contributed by atoms with Gasteiger partial charge in [0, 0.05) is 12.7 Å². The minimum atomic E-state index is -4.43. The first-order valence-corrected chi connectivity index (χ1v) is 10.4. The van der Waals surface area contributed by atoms with Gasteiger partial charge in [0.25, 0.3) is 5.91 Å². The maximum absolute atomic E-state index is 12.9. The third-order valence-electron chi connectivity index (χ3n) is 5.18. The van der Waals surface area contributed by atoms with E-state index in [-0.39, 0.29) is 18.2 Å². The molecule has 0 spiro atoms. The first-order chi connectivity index (χ1) is 15.7. The Hall–Kier alpha value is -3.81. The van der Waals surface area contributed by atoms with Gasteiger partial charge >= 0.3 is 6.18 Å². The van der Waals surface area contributed by atoms with Crippen LogP contribution in [0.4, 0.5) is 13.2 Å². The summed E-state index contributed by atoms with van der Waals surface area (Å²) in [6.07, 6.45) is -1.96. The molecule has 0 atom stereocenters. The number of ether oxygens (including phenoxy) is 1. The second kappa shape index (κ2) is 8.97. The van der Waals surface area contributed by atoms with Crippen molar-refractivity contribution in [3.63, 3.8) is 0 Å². The van der Waals surface area contributed by atoms with Gasteiger partial charge < -0.3 is 10.1 Å². The van der Waals surface area contributed by atoms with Crippen molar-refractivity contribution in [3.8, 4) is 11.5 Å². The quantitative estimate of drug-likeness (QED) is 0.393. The standard InChI is InChI=1S/C25H22F3N3O2/c1-3-21-23(31-12-11-16(2)13-22(31)30-21)24(32)29-15-17-7-9-19(10-8-17)33-20-6-4-5-18(14-20)25(26,27)28/h4-14H,3,15H2,1-2H3,(H,29,32). The third-order valence-corrected chi connectivity index (χ3v) is 5.18. The maximum Gasteiger partial charge on any atom is 0.416 e. The highest BCUT2D eigenvalue weighted by Gasteiger charge is 2.30. The van der Waals surface area contributed by atoms with Crippen LogP contribution in [0.25, 0.3) is 5.65 Å². The molecule has 0 unspecified atom stereocenters. The molecule has 4 aromatic rings. The fourth-order valence-corrected chi connectivity index (χ4v) is 3.50. The molecule has 0 radical (unpaired) electrons. The largest absolute Gasteiger partial charge is 0.457 e. The zero-order chi connectivity index (χ0) is 23.6. The maximum atomic E-state index is 12.9. The molecule has 0 saturated carbocycles. The van der Waals surface area contributed by atoms with Crippen molar-refractivity contribution in [3.05, 3.63) is 94.9 Å². The number of pyridine rings is 1. The molecule has 2 aromatic carbocycles. The van der Waals surface area contributed by atoms with E-state index in [9.17, 15) is 18.0 Å². The van der Waals surface area contributed by atoms with Crippen molar-refractivity contribution in [1.29, 1.82) is 0 Å². The minimum Gasteiger partial charge on any atom is -0.457 e. The van der Waals surface area contributed by atoms with Crippen molar-refractivity contribution in [2.24, 2.45) is 0 Å². The molecule has 0 aliphatic carbocycles. The van der Waals surface area contributed by atoms with E-state index in [1.165, 1.54) is 12.1 Å². The Morgan fingerprint density at radius 2 is 1.82 bits per heavy atom. The molecule has 8 heteroatoms. The van der Waals surface area contributed by atoms with Gasteiger partial charge in [-0.3, -0.25) is 9.20 Å². The Bertz CT molecular complexity index is 1290. The summed E-state index contributed by atoms with van der Waals surface area (Å²) in [5, 5.41) is 2.91. The van der Waals surface area contributed by atoms with Gasteiger partial charge in [-0.05, 0) is 66.9 Å². The van der Waals surface area contributed by atoms with Gasteiger partial charge in [-0.1, -0.05) is 25.1 Å². The SMILES string of the molecule is CCc1nc2cc(C)ccn2c1C(=O)NCc1ccc(Oc2cccc(C(F)(F)F)c2)cc1. The molecular weight excluding hydrogens is 431 g/mol. The molecule has 0 aliphatic heterocycles. The lowest BCUT2D eigenvalue weighted by Gasteiger charge is -2.11. The van der Waals surface area contributed by atoms with Crippen LogP contribution in [0.2, 0.25) is 0 Å². The number of imidazole rings is 1. The smallest absolute Gasteiger partial charge is 0.416 e. The molecule has 33 heavy (non-hydrogen) atoms. The molecule has 0 saturated heterocycles. The predicted octanol–water partition coefficient (Wildman–Crippen LogP) is 5.95. The number of benzene rings is 2. The molecule has 0 bridgehead atoms. The Balaban J connectivity index is 1.43. The lowest BCUT2D eigenvalue weighted by atomic mass is 10.2. The predicted molar refractivity (Wildman–Crippen MR) is 118 cm³/mol. The van der Waals surface area contributed by atoms with E-state index in [1.54, 1.807) is 28.7 Å². The summed E-state index contributed by atoms with van der Waals surface area (Å²) < 4.78 is 45.9. The van der Waals surface area contributed by atoms with Crippen molar-refractivity contribution in [2.45, 2.75) is 33.0 Å². The number of nitrogens with one attached hydrogen (secondary N) is 1. The average Bonchev–Trinajstić information content (AvgIpc) is 3.16. The van der Waals surface area contributed by atoms with Gasteiger partial charge in [-0.25, -0.2) is 4.98 Å². The van der Waals surface area contributed by atoms with Crippen molar-refractivity contribution >= 4 is 11.6 Å². The summed E-state index contributed by atoms with van der Waals surface area (Å²) in [4.78, 5) is 17.4. The molecule has 0 fully saturated rings. The molecule has 1 N–H and O–H groups in total. The average molecular weight is 453 g/mol. The van der Waals surface area contributed by atoms with Crippen LogP contribution in [0.15, 0.2) is 66.9 Å². The number of aryl methyl sites for hydroxylation is 2.